The molecule has 3 aliphatic rings. The molecule has 1 aliphatic carbocycles. The molecule has 3 rings (SSSR count). The summed E-state index contributed by atoms with van der Waals surface area (Å²) in [6.07, 6.45) is 8.10. The van der Waals surface area contributed by atoms with Crippen molar-refractivity contribution in [1.82, 2.24) is 4.90 Å². The molecule has 1 saturated carbocycles. The molecule has 0 spiro atoms. The molecule has 2 heteroatoms. The van der Waals surface area contributed by atoms with Crippen molar-refractivity contribution in [1.29, 1.82) is 0 Å². The lowest BCUT2D eigenvalue weighted by molar-refractivity contribution is 0.146. The molecule has 0 amide bonds. The van der Waals surface area contributed by atoms with Crippen molar-refractivity contribution < 1.29 is 0 Å². The van der Waals surface area contributed by atoms with Crippen molar-refractivity contribution in [2.45, 2.75) is 49.6 Å². The van der Waals surface area contributed by atoms with Gasteiger partial charge in [0.05, 0.1) is 0 Å². The second-order valence-corrected chi connectivity index (χ2v) is 4.88. The lowest BCUT2D eigenvalue weighted by Gasteiger charge is -2.38. The summed E-state index contributed by atoms with van der Waals surface area (Å²) in [6, 6.07) is 0. The van der Waals surface area contributed by atoms with Gasteiger partial charge in [-0.05, 0) is 51.6 Å². The first-order valence-corrected chi connectivity index (χ1v) is 5.31. The summed E-state index contributed by atoms with van der Waals surface area (Å²) in [7, 11) is 0. The fourth-order valence-corrected chi connectivity index (χ4v) is 3.52. The highest BCUT2D eigenvalue weighted by Gasteiger charge is 2.61. The van der Waals surface area contributed by atoms with Crippen LogP contribution in [0.1, 0.15) is 38.5 Å². The van der Waals surface area contributed by atoms with Crippen LogP contribution in [-0.4, -0.2) is 29.1 Å². The number of nitrogens with zero attached hydrogens (tertiary/aromatic N) is 1. The molecule has 2 N–H and O–H groups in total. The summed E-state index contributed by atoms with van der Waals surface area (Å²) < 4.78 is 0. The molecule has 68 valence electrons. The van der Waals surface area contributed by atoms with Gasteiger partial charge in [0.1, 0.15) is 0 Å². The van der Waals surface area contributed by atoms with Crippen molar-refractivity contribution in [2.24, 2.45) is 5.73 Å². The van der Waals surface area contributed by atoms with Crippen molar-refractivity contribution in [3.63, 3.8) is 0 Å². The van der Waals surface area contributed by atoms with Gasteiger partial charge in [-0.2, -0.15) is 0 Å². The Morgan fingerprint density at radius 3 is 2.00 bits per heavy atom. The molecule has 2 saturated heterocycles. The Hall–Kier alpha value is -0.0800. The minimum atomic E-state index is 0.236. The van der Waals surface area contributed by atoms with Crippen LogP contribution in [0.15, 0.2) is 0 Å². The van der Waals surface area contributed by atoms with E-state index >= 15 is 0 Å². The summed E-state index contributed by atoms with van der Waals surface area (Å²) in [4.78, 5) is 2.68. The normalized spacial score (nSPS) is 36.8. The molecule has 2 heterocycles. The maximum Gasteiger partial charge on any atom is 0.0389 e. The van der Waals surface area contributed by atoms with Crippen LogP contribution in [0, 0.1) is 0 Å². The molecular weight excluding hydrogens is 148 g/mol. The number of hydrogen-bond acceptors (Lipinski definition) is 2. The number of rotatable bonds is 1. The van der Waals surface area contributed by atoms with Gasteiger partial charge in [-0.25, -0.2) is 0 Å². The second kappa shape index (κ2) is 2.05. The first kappa shape index (κ1) is 7.34. The van der Waals surface area contributed by atoms with E-state index in [0.717, 1.165) is 0 Å². The Morgan fingerprint density at radius 2 is 1.50 bits per heavy atom. The lowest BCUT2D eigenvalue weighted by Crippen LogP contribution is -2.55. The maximum atomic E-state index is 6.39. The van der Waals surface area contributed by atoms with Gasteiger partial charge < -0.3 is 5.73 Å². The van der Waals surface area contributed by atoms with Crippen LogP contribution in [-0.2, 0) is 0 Å². The molecule has 0 unspecified atom stereocenters. The summed E-state index contributed by atoms with van der Waals surface area (Å²) in [5.41, 5.74) is 7.09. The molecule has 0 aromatic heterocycles. The molecule has 12 heavy (non-hydrogen) atoms. The van der Waals surface area contributed by atoms with E-state index in [1.54, 1.807) is 0 Å². The van der Waals surface area contributed by atoms with Crippen molar-refractivity contribution >= 4 is 0 Å². The predicted octanol–water partition coefficient (Wildman–Crippen LogP) is 1.11. The van der Waals surface area contributed by atoms with E-state index in [1.165, 1.54) is 51.6 Å². The van der Waals surface area contributed by atoms with Crippen LogP contribution in [0.25, 0.3) is 0 Å². The third-order valence-electron chi connectivity index (χ3n) is 4.36. The number of hydrogen-bond donors (Lipinski definition) is 1. The SMILES string of the molecule is NC1(C23CCCN2CCC3)CC1. The molecule has 0 bridgehead atoms. The highest BCUT2D eigenvalue weighted by atomic mass is 15.3. The monoisotopic (exact) mass is 166 g/mol. The van der Waals surface area contributed by atoms with E-state index in [2.05, 4.69) is 4.90 Å². The van der Waals surface area contributed by atoms with Gasteiger partial charge in [0.2, 0.25) is 0 Å². The number of nitrogens with two attached hydrogens (primary N) is 1. The largest absolute Gasteiger partial charge is 0.324 e. The minimum Gasteiger partial charge on any atom is -0.324 e. The average Bonchev–Trinajstić information content (AvgIpc) is 2.54. The van der Waals surface area contributed by atoms with Gasteiger partial charge in [-0.1, -0.05) is 0 Å². The highest BCUT2D eigenvalue weighted by molar-refractivity contribution is 5.21. The summed E-state index contributed by atoms with van der Waals surface area (Å²) >= 11 is 0. The molecule has 3 fully saturated rings. The van der Waals surface area contributed by atoms with E-state index in [0.29, 0.717) is 5.54 Å². The van der Waals surface area contributed by atoms with Crippen LogP contribution in [0.3, 0.4) is 0 Å². The van der Waals surface area contributed by atoms with Crippen molar-refractivity contribution in [2.75, 3.05) is 13.1 Å². The smallest absolute Gasteiger partial charge is 0.0389 e. The summed E-state index contributed by atoms with van der Waals surface area (Å²) in [6.45, 7) is 2.64. The maximum absolute atomic E-state index is 6.39. The Labute approximate surface area is 74.1 Å². The fourth-order valence-electron chi connectivity index (χ4n) is 3.52. The van der Waals surface area contributed by atoms with Gasteiger partial charge in [0.25, 0.3) is 0 Å². The Balaban J connectivity index is 1.96. The van der Waals surface area contributed by atoms with Crippen molar-refractivity contribution in [3.8, 4) is 0 Å². The first-order chi connectivity index (χ1) is 5.77. The van der Waals surface area contributed by atoms with Crippen LogP contribution >= 0.6 is 0 Å². The molecule has 0 aromatic rings. The molecule has 0 radical (unpaired) electrons. The zero-order valence-corrected chi connectivity index (χ0v) is 7.68. The standard InChI is InChI=1S/C10H18N2/c11-9(5-6-9)10-3-1-7-12(10)8-2-4-10/h1-8,11H2. The van der Waals surface area contributed by atoms with E-state index < -0.39 is 0 Å². The van der Waals surface area contributed by atoms with Gasteiger partial charge >= 0.3 is 0 Å². The molecule has 0 aromatic carbocycles. The third kappa shape index (κ3) is 0.686. The van der Waals surface area contributed by atoms with Crippen LogP contribution in [0.2, 0.25) is 0 Å². The summed E-state index contributed by atoms with van der Waals surface area (Å²) in [5.74, 6) is 0. The van der Waals surface area contributed by atoms with Crippen LogP contribution in [0.5, 0.6) is 0 Å². The number of fused-ring (bicyclic) bond motifs is 1. The van der Waals surface area contributed by atoms with E-state index in [1.807, 2.05) is 0 Å². The predicted molar refractivity (Wildman–Crippen MR) is 48.9 cm³/mol. The topological polar surface area (TPSA) is 29.3 Å². The third-order valence-corrected chi connectivity index (χ3v) is 4.36. The Bertz CT molecular complexity index is 198. The lowest BCUT2D eigenvalue weighted by atomic mass is 9.84. The van der Waals surface area contributed by atoms with Gasteiger partial charge in [-0.3, -0.25) is 4.90 Å². The molecule has 0 atom stereocenters. The Kier molecular flexibility index (Phi) is 1.25. The first-order valence-electron chi connectivity index (χ1n) is 5.31. The molecule has 2 aliphatic heterocycles. The minimum absolute atomic E-state index is 0.236. The van der Waals surface area contributed by atoms with Crippen molar-refractivity contribution in [3.05, 3.63) is 0 Å². The van der Waals surface area contributed by atoms with E-state index in [-0.39, 0.29) is 5.54 Å². The fraction of sp³-hybridized carbons (Fsp3) is 1.00. The highest BCUT2D eigenvalue weighted by Crippen LogP contribution is 2.55. The van der Waals surface area contributed by atoms with Gasteiger partial charge in [0.15, 0.2) is 0 Å². The zero-order chi connectivity index (χ0) is 8.23. The van der Waals surface area contributed by atoms with E-state index in [9.17, 15) is 0 Å². The van der Waals surface area contributed by atoms with Crippen LogP contribution < -0.4 is 5.73 Å². The zero-order valence-electron chi connectivity index (χ0n) is 7.68. The quantitative estimate of drug-likeness (QED) is 0.632. The average molecular weight is 166 g/mol. The molecular formula is C10H18N2. The second-order valence-electron chi connectivity index (χ2n) is 4.88. The van der Waals surface area contributed by atoms with E-state index in [4.69, 9.17) is 5.73 Å². The van der Waals surface area contributed by atoms with Crippen LogP contribution in [0.4, 0.5) is 0 Å². The molecule has 2 nitrogen and oxygen atoms in total. The summed E-state index contributed by atoms with van der Waals surface area (Å²) in [5, 5.41) is 0. The van der Waals surface area contributed by atoms with Gasteiger partial charge in [-0.15, -0.1) is 0 Å². The Morgan fingerprint density at radius 1 is 0.917 bits per heavy atom. The van der Waals surface area contributed by atoms with Gasteiger partial charge in [0, 0.05) is 11.1 Å².